The van der Waals surface area contributed by atoms with Crippen molar-refractivity contribution in [2.24, 2.45) is 5.73 Å². The third-order valence-electron chi connectivity index (χ3n) is 1.30. The maximum Gasteiger partial charge on any atom is 0.320 e. The molecule has 64 valence electrons. The summed E-state index contributed by atoms with van der Waals surface area (Å²) < 4.78 is 0. The predicted octanol–water partition coefficient (Wildman–Crippen LogP) is 1.14. The highest BCUT2D eigenvalue weighted by Crippen LogP contribution is 2.05. The summed E-state index contributed by atoms with van der Waals surface area (Å²) in [5.74, 6) is -0.963. The lowest BCUT2D eigenvalue weighted by Gasteiger charge is -1.90. The molecule has 0 aliphatic heterocycles. The Balaban J connectivity index is 0.000000183. The Morgan fingerprint density at radius 3 is 2.00 bits per heavy atom. The van der Waals surface area contributed by atoms with Gasteiger partial charge in [-0.2, -0.15) is 0 Å². The van der Waals surface area contributed by atoms with Crippen LogP contribution in [0.1, 0.15) is 26.2 Å². The van der Waals surface area contributed by atoms with E-state index < -0.39 is 12.0 Å². The van der Waals surface area contributed by atoms with Crippen LogP contribution in [0, 0.1) is 0 Å². The fourth-order valence-corrected chi connectivity index (χ4v) is 0.589. The lowest BCUT2D eigenvalue weighted by atomic mass is 10.4. The first kappa shape index (κ1) is 10.2. The van der Waals surface area contributed by atoms with Gasteiger partial charge in [0.15, 0.2) is 0 Å². The van der Waals surface area contributed by atoms with Gasteiger partial charge in [0.2, 0.25) is 0 Å². The lowest BCUT2D eigenvalue weighted by Crippen LogP contribution is -2.25. The van der Waals surface area contributed by atoms with Gasteiger partial charge in [0.25, 0.3) is 0 Å². The molecule has 3 nitrogen and oxygen atoms in total. The largest absolute Gasteiger partial charge is 0.480 e. The van der Waals surface area contributed by atoms with Crippen LogP contribution in [0.2, 0.25) is 0 Å². The molecule has 3 heteroatoms. The van der Waals surface area contributed by atoms with Crippen molar-refractivity contribution in [2.45, 2.75) is 32.2 Å². The van der Waals surface area contributed by atoms with Gasteiger partial charge in [-0.1, -0.05) is 12.2 Å². The van der Waals surface area contributed by atoms with E-state index in [0.717, 1.165) is 0 Å². The number of aliphatic carboxylic acids is 1. The Labute approximate surface area is 66.9 Å². The molecule has 0 saturated heterocycles. The normalized spacial score (nSPS) is 16.9. The zero-order valence-corrected chi connectivity index (χ0v) is 6.79. The molecule has 0 aromatic carbocycles. The van der Waals surface area contributed by atoms with Gasteiger partial charge in [-0.15, -0.1) is 0 Å². The number of carboxylic acids is 1. The van der Waals surface area contributed by atoms with Crippen LogP contribution in [-0.4, -0.2) is 17.1 Å². The zero-order chi connectivity index (χ0) is 8.69. The highest BCUT2D eigenvalue weighted by molar-refractivity contribution is 5.72. The molecule has 0 radical (unpaired) electrons. The summed E-state index contributed by atoms with van der Waals surface area (Å²) in [4.78, 5) is 9.57. The fourth-order valence-electron chi connectivity index (χ4n) is 0.589. The Bertz CT molecular complexity index is 135. The molecule has 1 atom stereocenters. The molecular formula is C8H15NO2. The molecule has 0 amide bonds. The molecule has 0 saturated carbocycles. The molecule has 0 spiro atoms. The van der Waals surface area contributed by atoms with E-state index >= 15 is 0 Å². The van der Waals surface area contributed by atoms with Crippen LogP contribution in [0.25, 0.3) is 0 Å². The molecule has 0 heterocycles. The van der Waals surface area contributed by atoms with Crippen molar-refractivity contribution in [1.29, 1.82) is 0 Å². The standard InChI is InChI=1S/C5H8.C3H7NO2/c1-2-4-5-3-1;1-2(4)3(5)6/h1-2H,3-5H2;2H,4H2,1H3,(H,5,6). The van der Waals surface area contributed by atoms with Gasteiger partial charge in [0, 0.05) is 0 Å². The molecule has 3 N–H and O–H groups in total. The first-order valence-corrected chi connectivity index (χ1v) is 3.78. The van der Waals surface area contributed by atoms with E-state index in [1.807, 2.05) is 0 Å². The van der Waals surface area contributed by atoms with Crippen LogP contribution in [0.3, 0.4) is 0 Å². The lowest BCUT2D eigenvalue weighted by molar-refractivity contribution is -0.138. The molecule has 0 bridgehead atoms. The van der Waals surface area contributed by atoms with E-state index in [4.69, 9.17) is 10.8 Å². The fraction of sp³-hybridized carbons (Fsp3) is 0.625. The monoisotopic (exact) mass is 157 g/mol. The van der Waals surface area contributed by atoms with Crippen molar-refractivity contribution in [3.05, 3.63) is 12.2 Å². The molecule has 0 aromatic heterocycles. The van der Waals surface area contributed by atoms with Crippen molar-refractivity contribution in [2.75, 3.05) is 0 Å². The van der Waals surface area contributed by atoms with Gasteiger partial charge < -0.3 is 10.8 Å². The molecule has 0 fully saturated rings. The van der Waals surface area contributed by atoms with E-state index in [9.17, 15) is 4.79 Å². The number of hydrogen-bond donors (Lipinski definition) is 2. The predicted molar refractivity (Wildman–Crippen MR) is 44.3 cm³/mol. The van der Waals surface area contributed by atoms with E-state index in [1.165, 1.54) is 26.2 Å². The maximum atomic E-state index is 9.57. The zero-order valence-electron chi connectivity index (χ0n) is 6.79. The van der Waals surface area contributed by atoms with Gasteiger partial charge in [-0.25, -0.2) is 0 Å². The Kier molecular flexibility index (Phi) is 5.47. The average molecular weight is 157 g/mol. The van der Waals surface area contributed by atoms with Gasteiger partial charge in [0.05, 0.1) is 0 Å². The number of carbonyl (C=O) groups is 1. The van der Waals surface area contributed by atoms with Crippen LogP contribution in [0.5, 0.6) is 0 Å². The van der Waals surface area contributed by atoms with E-state index in [-0.39, 0.29) is 0 Å². The Hall–Kier alpha value is -0.830. The van der Waals surface area contributed by atoms with Gasteiger partial charge >= 0.3 is 5.97 Å². The molecule has 1 unspecified atom stereocenters. The molecule has 0 aromatic rings. The van der Waals surface area contributed by atoms with Crippen molar-refractivity contribution >= 4 is 5.97 Å². The summed E-state index contributed by atoms with van der Waals surface area (Å²) in [7, 11) is 0. The van der Waals surface area contributed by atoms with Crippen molar-refractivity contribution in [1.82, 2.24) is 0 Å². The summed E-state index contributed by atoms with van der Waals surface area (Å²) in [6, 6.07) is -0.731. The maximum absolute atomic E-state index is 9.57. The molecule has 1 rings (SSSR count). The second-order valence-electron chi connectivity index (χ2n) is 2.53. The van der Waals surface area contributed by atoms with E-state index in [2.05, 4.69) is 12.2 Å². The van der Waals surface area contributed by atoms with Crippen LogP contribution in [0.4, 0.5) is 0 Å². The van der Waals surface area contributed by atoms with Crippen molar-refractivity contribution in [3.63, 3.8) is 0 Å². The summed E-state index contributed by atoms with van der Waals surface area (Å²) in [5, 5.41) is 7.87. The number of carboxylic acid groups (broad SMARTS) is 1. The third kappa shape index (κ3) is 7.06. The number of nitrogens with two attached hydrogens (primary N) is 1. The van der Waals surface area contributed by atoms with E-state index in [0.29, 0.717) is 0 Å². The van der Waals surface area contributed by atoms with Crippen LogP contribution in [0.15, 0.2) is 12.2 Å². The Morgan fingerprint density at radius 1 is 1.55 bits per heavy atom. The molecule has 1 aliphatic carbocycles. The molecule has 1 aliphatic rings. The Morgan fingerprint density at radius 2 is 1.91 bits per heavy atom. The number of rotatable bonds is 1. The summed E-state index contributed by atoms with van der Waals surface area (Å²) in [6.07, 6.45) is 8.50. The average Bonchev–Trinajstić information content (AvgIpc) is 2.41. The summed E-state index contributed by atoms with van der Waals surface area (Å²) >= 11 is 0. The minimum absolute atomic E-state index is 0.731. The highest BCUT2D eigenvalue weighted by atomic mass is 16.4. The quantitative estimate of drug-likeness (QED) is 0.561. The first-order chi connectivity index (χ1) is 5.14. The second-order valence-corrected chi connectivity index (χ2v) is 2.53. The van der Waals surface area contributed by atoms with Crippen molar-refractivity contribution < 1.29 is 9.90 Å². The first-order valence-electron chi connectivity index (χ1n) is 3.78. The van der Waals surface area contributed by atoms with Gasteiger partial charge in [-0.3, -0.25) is 4.79 Å². The van der Waals surface area contributed by atoms with Crippen molar-refractivity contribution in [3.8, 4) is 0 Å². The van der Waals surface area contributed by atoms with Crippen LogP contribution in [-0.2, 0) is 4.79 Å². The second kappa shape index (κ2) is 5.92. The smallest absolute Gasteiger partial charge is 0.320 e. The summed E-state index contributed by atoms with van der Waals surface area (Å²) in [6.45, 7) is 1.42. The van der Waals surface area contributed by atoms with Crippen LogP contribution >= 0.6 is 0 Å². The van der Waals surface area contributed by atoms with Gasteiger partial charge in [0.1, 0.15) is 6.04 Å². The van der Waals surface area contributed by atoms with Gasteiger partial charge in [-0.05, 0) is 26.2 Å². The highest BCUT2D eigenvalue weighted by Gasteiger charge is 1.99. The number of hydrogen-bond acceptors (Lipinski definition) is 2. The minimum Gasteiger partial charge on any atom is -0.480 e. The minimum atomic E-state index is -0.963. The van der Waals surface area contributed by atoms with E-state index in [1.54, 1.807) is 0 Å². The molecular weight excluding hydrogens is 142 g/mol. The third-order valence-corrected chi connectivity index (χ3v) is 1.30. The van der Waals surface area contributed by atoms with Crippen LogP contribution < -0.4 is 5.73 Å². The summed E-state index contributed by atoms with van der Waals surface area (Å²) in [5.41, 5.74) is 4.84. The SMILES string of the molecule is C1=CCCC1.CC(N)C(=O)O. The topological polar surface area (TPSA) is 63.3 Å². The number of allylic oxidation sites excluding steroid dienone is 2. The molecule has 11 heavy (non-hydrogen) atoms.